The highest BCUT2D eigenvalue weighted by Gasteiger charge is 2.32. The molecule has 0 N–H and O–H groups in total. The molecule has 0 aromatic carbocycles. The first-order valence-corrected chi connectivity index (χ1v) is 6.55. The largest absolute Gasteiger partial charge is 0.329 e. The van der Waals surface area contributed by atoms with Gasteiger partial charge in [0.15, 0.2) is 5.78 Å². The van der Waals surface area contributed by atoms with Crippen molar-refractivity contribution < 1.29 is 9.59 Å². The molecular formula is C15H19NO2. The second kappa shape index (κ2) is 5.80. The van der Waals surface area contributed by atoms with Crippen LogP contribution in [0.3, 0.4) is 0 Å². The molecule has 2 rings (SSSR count). The third-order valence-electron chi connectivity index (χ3n) is 3.45. The summed E-state index contributed by atoms with van der Waals surface area (Å²) in [6.07, 6.45) is 13.3. The lowest BCUT2D eigenvalue weighted by atomic mass is 10.1. The molecule has 0 aromatic rings. The molecule has 1 aliphatic carbocycles. The van der Waals surface area contributed by atoms with Crippen LogP contribution in [-0.4, -0.2) is 29.2 Å². The molecule has 0 bridgehead atoms. The highest BCUT2D eigenvalue weighted by molar-refractivity contribution is 5.99. The Hall–Kier alpha value is -1.64. The number of hydrogen-bond acceptors (Lipinski definition) is 2. The summed E-state index contributed by atoms with van der Waals surface area (Å²) in [5, 5.41) is 0. The van der Waals surface area contributed by atoms with Gasteiger partial charge < -0.3 is 4.90 Å². The first kappa shape index (κ1) is 12.8. The van der Waals surface area contributed by atoms with Crippen molar-refractivity contribution in [1.29, 1.82) is 0 Å². The van der Waals surface area contributed by atoms with E-state index in [1.54, 1.807) is 11.8 Å². The highest BCUT2D eigenvalue weighted by Crippen LogP contribution is 2.21. The number of Topliss-reactive ketones (excluding diaryl/α,β-unsaturated/α-hetero) is 1. The van der Waals surface area contributed by atoms with Crippen LogP contribution in [0.4, 0.5) is 0 Å². The molecule has 0 radical (unpaired) electrons. The van der Waals surface area contributed by atoms with Crippen LogP contribution in [0, 0.1) is 0 Å². The molecule has 1 atom stereocenters. The van der Waals surface area contributed by atoms with Crippen LogP contribution in [0.15, 0.2) is 36.0 Å². The molecule has 96 valence electrons. The Balaban J connectivity index is 2.15. The highest BCUT2D eigenvalue weighted by atomic mass is 16.2. The van der Waals surface area contributed by atoms with E-state index in [9.17, 15) is 9.59 Å². The number of nitrogens with zero attached hydrogens (tertiary/aromatic N) is 1. The average molecular weight is 245 g/mol. The van der Waals surface area contributed by atoms with Crippen molar-refractivity contribution >= 4 is 11.7 Å². The van der Waals surface area contributed by atoms with Gasteiger partial charge >= 0.3 is 0 Å². The number of carbonyl (C=O) groups is 2. The van der Waals surface area contributed by atoms with E-state index >= 15 is 0 Å². The van der Waals surface area contributed by atoms with E-state index in [1.807, 2.05) is 24.3 Å². The van der Waals surface area contributed by atoms with Gasteiger partial charge in [-0.1, -0.05) is 24.3 Å². The smallest absolute Gasteiger partial charge is 0.254 e. The summed E-state index contributed by atoms with van der Waals surface area (Å²) in [6, 6.07) is -0.215. The molecule has 1 saturated heterocycles. The second-order valence-electron chi connectivity index (χ2n) is 4.79. The van der Waals surface area contributed by atoms with Gasteiger partial charge in [0.2, 0.25) is 0 Å². The normalized spacial score (nSPS) is 25.3. The fourth-order valence-electron chi connectivity index (χ4n) is 2.49. The Morgan fingerprint density at radius 3 is 2.89 bits per heavy atom. The van der Waals surface area contributed by atoms with E-state index in [4.69, 9.17) is 0 Å². The van der Waals surface area contributed by atoms with Crippen LogP contribution in [-0.2, 0) is 9.59 Å². The Labute approximate surface area is 108 Å². The Morgan fingerprint density at radius 2 is 2.11 bits per heavy atom. The van der Waals surface area contributed by atoms with E-state index < -0.39 is 0 Å². The summed E-state index contributed by atoms with van der Waals surface area (Å²) >= 11 is 0. The Morgan fingerprint density at radius 1 is 1.28 bits per heavy atom. The fraction of sp³-hybridized carbons (Fsp3) is 0.467. The molecule has 3 nitrogen and oxygen atoms in total. The number of amides is 1. The Kier molecular flexibility index (Phi) is 4.13. The summed E-state index contributed by atoms with van der Waals surface area (Å²) in [5.41, 5.74) is 0.715. The minimum atomic E-state index is -0.215. The van der Waals surface area contributed by atoms with E-state index in [0.717, 1.165) is 25.7 Å². The van der Waals surface area contributed by atoms with Crippen LogP contribution >= 0.6 is 0 Å². The van der Waals surface area contributed by atoms with Crippen molar-refractivity contribution in [1.82, 2.24) is 4.90 Å². The number of allylic oxidation sites excluding steroid dienone is 4. The molecule has 1 heterocycles. The van der Waals surface area contributed by atoms with Gasteiger partial charge in [-0.2, -0.15) is 0 Å². The lowest BCUT2D eigenvalue weighted by molar-refractivity contribution is -0.133. The second-order valence-corrected chi connectivity index (χ2v) is 4.79. The minimum Gasteiger partial charge on any atom is -0.329 e. The number of likely N-dealkylation sites (tertiary alicyclic amines) is 1. The van der Waals surface area contributed by atoms with Crippen LogP contribution in [0.1, 0.15) is 32.6 Å². The predicted molar refractivity (Wildman–Crippen MR) is 71.0 cm³/mol. The summed E-state index contributed by atoms with van der Waals surface area (Å²) in [6.45, 7) is 2.27. The summed E-state index contributed by atoms with van der Waals surface area (Å²) in [5.74, 6) is 0.0930. The molecule has 0 aromatic heterocycles. The zero-order valence-electron chi connectivity index (χ0n) is 10.8. The summed E-state index contributed by atoms with van der Waals surface area (Å²) in [4.78, 5) is 25.7. The van der Waals surface area contributed by atoms with E-state index in [0.29, 0.717) is 12.1 Å². The minimum absolute atomic E-state index is 0.000694. The molecule has 3 heteroatoms. The lowest BCUT2D eigenvalue weighted by Crippen LogP contribution is -2.40. The van der Waals surface area contributed by atoms with E-state index in [2.05, 4.69) is 6.08 Å². The standard InChI is InChI=1S/C15H19NO2/c1-12(17)14-10-7-11-16(14)15(18)13-8-5-3-2-4-6-9-13/h2-3,5,8-9,14H,4,6-7,10-11H2,1H3/b3-2+,8-5?,13-9?. The summed E-state index contributed by atoms with van der Waals surface area (Å²) < 4.78 is 0. The molecule has 1 fully saturated rings. The monoisotopic (exact) mass is 245 g/mol. The van der Waals surface area contributed by atoms with Crippen molar-refractivity contribution in [2.45, 2.75) is 38.6 Å². The van der Waals surface area contributed by atoms with E-state index in [-0.39, 0.29) is 17.7 Å². The number of hydrogen-bond donors (Lipinski definition) is 0. The SMILES string of the molecule is CC(=O)C1CCCN1C(=O)C1=CCC/C=C/C=C1. The maximum atomic E-state index is 12.4. The topological polar surface area (TPSA) is 37.4 Å². The van der Waals surface area contributed by atoms with Crippen molar-refractivity contribution in [2.24, 2.45) is 0 Å². The molecule has 18 heavy (non-hydrogen) atoms. The van der Waals surface area contributed by atoms with Crippen molar-refractivity contribution in [3.63, 3.8) is 0 Å². The van der Waals surface area contributed by atoms with Crippen molar-refractivity contribution in [3.8, 4) is 0 Å². The number of carbonyl (C=O) groups excluding carboxylic acids is 2. The van der Waals surface area contributed by atoms with Crippen molar-refractivity contribution in [3.05, 3.63) is 36.0 Å². The third kappa shape index (κ3) is 2.78. The maximum absolute atomic E-state index is 12.4. The van der Waals surface area contributed by atoms with Crippen LogP contribution in [0.25, 0.3) is 0 Å². The molecule has 1 amide bonds. The average Bonchev–Trinajstić information content (AvgIpc) is 2.76. The Bertz CT molecular complexity index is 432. The van der Waals surface area contributed by atoms with Crippen molar-refractivity contribution in [2.75, 3.05) is 6.54 Å². The van der Waals surface area contributed by atoms with Crippen LogP contribution in [0.5, 0.6) is 0 Å². The molecule has 1 unspecified atom stereocenters. The van der Waals surface area contributed by atoms with Gasteiger partial charge in [-0.05, 0) is 38.7 Å². The van der Waals surface area contributed by atoms with Crippen LogP contribution in [0.2, 0.25) is 0 Å². The fourth-order valence-corrected chi connectivity index (χ4v) is 2.49. The van der Waals surface area contributed by atoms with Gasteiger partial charge in [-0.15, -0.1) is 0 Å². The van der Waals surface area contributed by atoms with Gasteiger partial charge in [-0.25, -0.2) is 0 Å². The zero-order valence-corrected chi connectivity index (χ0v) is 10.8. The molecule has 2 aliphatic rings. The molecule has 1 aliphatic heterocycles. The first-order valence-electron chi connectivity index (χ1n) is 6.55. The maximum Gasteiger partial charge on any atom is 0.254 e. The predicted octanol–water partition coefficient (Wildman–Crippen LogP) is 2.40. The molecular weight excluding hydrogens is 226 g/mol. The van der Waals surface area contributed by atoms with Gasteiger partial charge in [0.25, 0.3) is 5.91 Å². The van der Waals surface area contributed by atoms with Gasteiger partial charge in [0, 0.05) is 12.1 Å². The van der Waals surface area contributed by atoms with Crippen LogP contribution < -0.4 is 0 Å². The number of rotatable bonds is 2. The van der Waals surface area contributed by atoms with Gasteiger partial charge in [-0.3, -0.25) is 9.59 Å². The number of ketones is 1. The van der Waals surface area contributed by atoms with E-state index in [1.165, 1.54) is 0 Å². The lowest BCUT2D eigenvalue weighted by Gasteiger charge is -2.23. The van der Waals surface area contributed by atoms with Gasteiger partial charge in [0.1, 0.15) is 0 Å². The van der Waals surface area contributed by atoms with Gasteiger partial charge in [0.05, 0.1) is 6.04 Å². The zero-order chi connectivity index (χ0) is 13.0. The molecule has 0 spiro atoms. The third-order valence-corrected chi connectivity index (χ3v) is 3.45. The summed E-state index contributed by atoms with van der Waals surface area (Å²) in [7, 11) is 0. The molecule has 0 saturated carbocycles. The first-order chi connectivity index (χ1) is 8.70. The quantitative estimate of drug-likeness (QED) is 0.749.